The summed E-state index contributed by atoms with van der Waals surface area (Å²) in [5.74, 6) is 0.834. The van der Waals surface area contributed by atoms with E-state index in [1.54, 1.807) is 13.0 Å². The van der Waals surface area contributed by atoms with Gasteiger partial charge in [0.1, 0.15) is 11.9 Å². The van der Waals surface area contributed by atoms with Gasteiger partial charge in [-0.1, -0.05) is 18.2 Å². The highest BCUT2D eigenvalue weighted by molar-refractivity contribution is 5.80. The van der Waals surface area contributed by atoms with Gasteiger partial charge in [0.15, 0.2) is 0 Å². The fraction of sp³-hybridized carbons (Fsp3) is 0.375. The first-order valence-corrected chi connectivity index (χ1v) is 7.05. The van der Waals surface area contributed by atoms with Gasteiger partial charge in [0.05, 0.1) is 17.6 Å². The molecule has 0 bridgehead atoms. The van der Waals surface area contributed by atoms with Crippen molar-refractivity contribution in [1.29, 1.82) is 0 Å². The summed E-state index contributed by atoms with van der Waals surface area (Å²) in [5.41, 5.74) is 2.06. The lowest BCUT2D eigenvalue weighted by Crippen LogP contribution is -2.36. The quantitative estimate of drug-likeness (QED) is 0.793. The third kappa shape index (κ3) is 3.70. The summed E-state index contributed by atoms with van der Waals surface area (Å²) < 4.78 is 7.39. The lowest BCUT2D eigenvalue weighted by Gasteiger charge is -2.13. The second kappa shape index (κ2) is 7.04. The number of nitrogens with zero attached hydrogens (tertiary/aromatic N) is 2. The standard InChI is InChI=1S/C16H21N3O2/c1-4-11-21-12(2)16(20)17-9-10-19-13(3)18-14-7-5-6-8-15(14)19/h4-8,12H,1,9-11H2,2-3H3,(H,17,20). The molecule has 5 heteroatoms. The molecule has 1 unspecified atom stereocenters. The average Bonchev–Trinajstić information content (AvgIpc) is 2.80. The molecular weight excluding hydrogens is 266 g/mol. The van der Waals surface area contributed by atoms with Crippen molar-refractivity contribution in [2.45, 2.75) is 26.5 Å². The number of para-hydroxylation sites is 2. The van der Waals surface area contributed by atoms with Crippen LogP contribution in [0.15, 0.2) is 36.9 Å². The molecule has 112 valence electrons. The minimum absolute atomic E-state index is 0.112. The van der Waals surface area contributed by atoms with Crippen molar-refractivity contribution in [3.8, 4) is 0 Å². The third-order valence-electron chi connectivity index (χ3n) is 3.31. The molecule has 2 rings (SSSR count). The van der Waals surface area contributed by atoms with E-state index in [0.29, 0.717) is 19.7 Å². The zero-order valence-corrected chi connectivity index (χ0v) is 12.5. The largest absolute Gasteiger partial charge is 0.365 e. The highest BCUT2D eigenvalue weighted by atomic mass is 16.5. The molecule has 1 N–H and O–H groups in total. The Balaban J connectivity index is 1.92. The summed E-state index contributed by atoms with van der Waals surface area (Å²) >= 11 is 0. The second-order valence-corrected chi connectivity index (χ2v) is 4.85. The summed E-state index contributed by atoms with van der Waals surface area (Å²) in [7, 11) is 0. The number of aryl methyl sites for hydroxylation is 1. The van der Waals surface area contributed by atoms with Crippen LogP contribution in [0.1, 0.15) is 12.7 Å². The molecule has 1 atom stereocenters. The Labute approximate surface area is 124 Å². The van der Waals surface area contributed by atoms with Crippen LogP contribution in [0.4, 0.5) is 0 Å². The topological polar surface area (TPSA) is 56.1 Å². The van der Waals surface area contributed by atoms with Gasteiger partial charge >= 0.3 is 0 Å². The lowest BCUT2D eigenvalue weighted by atomic mass is 10.3. The van der Waals surface area contributed by atoms with Crippen molar-refractivity contribution in [2.24, 2.45) is 0 Å². The van der Waals surface area contributed by atoms with Gasteiger partial charge < -0.3 is 14.6 Å². The highest BCUT2D eigenvalue weighted by Gasteiger charge is 2.12. The van der Waals surface area contributed by atoms with Gasteiger partial charge in [-0.05, 0) is 26.0 Å². The van der Waals surface area contributed by atoms with Gasteiger partial charge in [0.25, 0.3) is 0 Å². The molecule has 1 aromatic carbocycles. The lowest BCUT2D eigenvalue weighted by molar-refractivity contribution is -0.131. The fourth-order valence-electron chi connectivity index (χ4n) is 2.20. The Morgan fingerprint density at radius 1 is 1.52 bits per heavy atom. The van der Waals surface area contributed by atoms with Crippen molar-refractivity contribution in [3.05, 3.63) is 42.7 Å². The van der Waals surface area contributed by atoms with E-state index in [2.05, 4.69) is 21.4 Å². The molecule has 0 spiro atoms. The molecule has 1 amide bonds. The summed E-state index contributed by atoms with van der Waals surface area (Å²) in [6, 6.07) is 7.98. The Morgan fingerprint density at radius 2 is 2.29 bits per heavy atom. The van der Waals surface area contributed by atoms with Crippen LogP contribution in [0.5, 0.6) is 0 Å². The monoisotopic (exact) mass is 287 g/mol. The zero-order chi connectivity index (χ0) is 15.2. The zero-order valence-electron chi connectivity index (χ0n) is 12.5. The number of hydrogen-bond acceptors (Lipinski definition) is 3. The number of nitrogens with one attached hydrogen (secondary N) is 1. The minimum atomic E-state index is -0.469. The third-order valence-corrected chi connectivity index (χ3v) is 3.31. The minimum Gasteiger partial charge on any atom is -0.365 e. The molecule has 0 radical (unpaired) electrons. The van der Waals surface area contributed by atoms with E-state index in [0.717, 1.165) is 16.9 Å². The van der Waals surface area contributed by atoms with E-state index in [1.165, 1.54) is 0 Å². The number of rotatable bonds is 7. The molecule has 0 aliphatic carbocycles. The van der Waals surface area contributed by atoms with Crippen LogP contribution < -0.4 is 5.32 Å². The molecule has 1 aromatic heterocycles. The maximum Gasteiger partial charge on any atom is 0.248 e. The Hall–Kier alpha value is -2.14. The Kier molecular flexibility index (Phi) is 5.11. The molecule has 0 saturated carbocycles. The number of ether oxygens (including phenoxy) is 1. The van der Waals surface area contributed by atoms with Crippen molar-refractivity contribution in [2.75, 3.05) is 13.2 Å². The predicted octanol–water partition coefficient (Wildman–Crippen LogP) is 2.05. The Bertz CT molecular complexity index is 633. The molecule has 21 heavy (non-hydrogen) atoms. The number of aromatic nitrogens is 2. The van der Waals surface area contributed by atoms with Gasteiger partial charge in [-0.3, -0.25) is 4.79 Å². The first-order chi connectivity index (χ1) is 10.1. The molecule has 0 fully saturated rings. The van der Waals surface area contributed by atoms with E-state index < -0.39 is 6.10 Å². The number of carbonyl (C=O) groups excluding carboxylic acids is 1. The summed E-state index contributed by atoms with van der Waals surface area (Å²) in [6.07, 6.45) is 1.16. The normalized spacial score (nSPS) is 12.3. The van der Waals surface area contributed by atoms with Gasteiger partial charge in [-0.25, -0.2) is 4.98 Å². The molecule has 1 heterocycles. The van der Waals surface area contributed by atoms with Gasteiger partial charge in [-0.2, -0.15) is 0 Å². The smallest absolute Gasteiger partial charge is 0.248 e. The molecule has 0 saturated heterocycles. The van der Waals surface area contributed by atoms with Crippen LogP contribution in [0.25, 0.3) is 11.0 Å². The van der Waals surface area contributed by atoms with E-state index >= 15 is 0 Å². The average molecular weight is 287 g/mol. The highest BCUT2D eigenvalue weighted by Crippen LogP contribution is 2.14. The van der Waals surface area contributed by atoms with E-state index in [9.17, 15) is 4.79 Å². The van der Waals surface area contributed by atoms with Crippen molar-refractivity contribution in [1.82, 2.24) is 14.9 Å². The molecule has 0 aliphatic heterocycles. The van der Waals surface area contributed by atoms with Crippen LogP contribution in [0.2, 0.25) is 0 Å². The van der Waals surface area contributed by atoms with Crippen molar-refractivity contribution < 1.29 is 9.53 Å². The van der Waals surface area contributed by atoms with Gasteiger partial charge in [-0.15, -0.1) is 6.58 Å². The number of benzene rings is 1. The SMILES string of the molecule is C=CCOC(C)C(=O)NCCn1c(C)nc2ccccc21. The molecule has 5 nitrogen and oxygen atoms in total. The second-order valence-electron chi connectivity index (χ2n) is 4.85. The molecule has 2 aromatic rings. The van der Waals surface area contributed by atoms with E-state index in [4.69, 9.17) is 4.74 Å². The van der Waals surface area contributed by atoms with Crippen molar-refractivity contribution >= 4 is 16.9 Å². The number of amides is 1. The summed E-state index contributed by atoms with van der Waals surface area (Å²) in [6.45, 7) is 8.87. The summed E-state index contributed by atoms with van der Waals surface area (Å²) in [4.78, 5) is 16.3. The van der Waals surface area contributed by atoms with Crippen LogP contribution in [0, 0.1) is 6.92 Å². The number of fused-ring (bicyclic) bond motifs is 1. The molecular formula is C16H21N3O2. The van der Waals surface area contributed by atoms with Crippen LogP contribution >= 0.6 is 0 Å². The number of hydrogen-bond donors (Lipinski definition) is 1. The maximum absolute atomic E-state index is 11.8. The van der Waals surface area contributed by atoms with Crippen molar-refractivity contribution in [3.63, 3.8) is 0 Å². The van der Waals surface area contributed by atoms with Crippen LogP contribution in [-0.2, 0) is 16.1 Å². The first kappa shape index (κ1) is 15.3. The number of imidazole rings is 1. The summed E-state index contributed by atoms with van der Waals surface area (Å²) in [5, 5.41) is 2.87. The predicted molar refractivity (Wildman–Crippen MR) is 83.1 cm³/mol. The van der Waals surface area contributed by atoms with Crippen LogP contribution in [0.3, 0.4) is 0 Å². The van der Waals surface area contributed by atoms with E-state index in [-0.39, 0.29) is 5.91 Å². The van der Waals surface area contributed by atoms with E-state index in [1.807, 2.05) is 31.2 Å². The van der Waals surface area contributed by atoms with Gasteiger partial charge in [0.2, 0.25) is 5.91 Å². The van der Waals surface area contributed by atoms with Crippen LogP contribution in [-0.4, -0.2) is 34.7 Å². The molecule has 0 aliphatic rings. The first-order valence-electron chi connectivity index (χ1n) is 7.05. The maximum atomic E-state index is 11.8. The number of carbonyl (C=O) groups is 1. The fourth-order valence-corrected chi connectivity index (χ4v) is 2.20. The Morgan fingerprint density at radius 3 is 3.05 bits per heavy atom. The van der Waals surface area contributed by atoms with Gasteiger partial charge in [0, 0.05) is 13.1 Å².